The van der Waals surface area contributed by atoms with Crippen molar-refractivity contribution >= 4 is 29.2 Å². The van der Waals surface area contributed by atoms with Crippen LogP contribution in [0.2, 0.25) is 0 Å². The van der Waals surface area contributed by atoms with Crippen LogP contribution in [0, 0.1) is 35.5 Å². The fourth-order valence-electron chi connectivity index (χ4n) is 11.3. The summed E-state index contributed by atoms with van der Waals surface area (Å²) in [7, 11) is 6.10. The highest BCUT2D eigenvalue weighted by Gasteiger charge is 2.53. The Hall–Kier alpha value is -4.51. The van der Waals surface area contributed by atoms with Crippen molar-refractivity contribution in [2.45, 2.75) is 180 Å². The van der Waals surface area contributed by atoms with Crippen LogP contribution < -0.4 is 9.47 Å². The molecule has 15 nitrogen and oxygen atoms in total. The second kappa shape index (κ2) is 27.3. The zero-order valence-electron chi connectivity index (χ0n) is 45.3. The zero-order valence-corrected chi connectivity index (χ0v) is 45.3. The van der Waals surface area contributed by atoms with Gasteiger partial charge < -0.3 is 48.6 Å². The Bertz CT molecular complexity index is 2180. The first kappa shape index (κ1) is 59.4. The molecule has 406 valence electrons. The van der Waals surface area contributed by atoms with Crippen molar-refractivity contribution in [2.24, 2.45) is 35.5 Å². The highest BCUT2D eigenvalue weighted by molar-refractivity contribution is 6.39. The van der Waals surface area contributed by atoms with Crippen molar-refractivity contribution < 1.29 is 67.7 Å². The van der Waals surface area contributed by atoms with Crippen molar-refractivity contribution in [3.05, 3.63) is 71.4 Å². The minimum Gasteiger partial charge on any atom is -0.497 e. The topological polar surface area (TPSA) is 205 Å². The molecule has 3 aliphatic heterocycles. The normalized spacial score (nSPS) is 37.2. The molecule has 73 heavy (non-hydrogen) atoms. The third kappa shape index (κ3) is 15.1. The van der Waals surface area contributed by atoms with Gasteiger partial charge in [0.15, 0.2) is 5.78 Å². The van der Waals surface area contributed by atoms with Crippen molar-refractivity contribution in [1.82, 2.24) is 4.90 Å². The number of allylic oxidation sites excluding steroid dienone is 7. The van der Waals surface area contributed by atoms with Gasteiger partial charge in [0, 0.05) is 62.5 Å². The smallest absolute Gasteiger partial charge is 0.329 e. The summed E-state index contributed by atoms with van der Waals surface area (Å²) < 4.78 is 35.3. The van der Waals surface area contributed by atoms with Gasteiger partial charge in [-0.15, -0.1) is 0 Å². The number of esters is 1. The summed E-state index contributed by atoms with van der Waals surface area (Å²) in [5.74, 6) is -7.37. The summed E-state index contributed by atoms with van der Waals surface area (Å²) in [5.41, 5.74) is 2.14. The predicted octanol–water partition coefficient (Wildman–Crippen LogP) is 7.97. The monoisotopic (exact) mass is 1020 g/mol. The summed E-state index contributed by atoms with van der Waals surface area (Å²) in [4.78, 5) is 72.9. The van der Waals surface area contributed by atoms with E-state index >= 15 is 0 Å². The van der Waals surface area contributed by atoms with E-state index in [2.05, 4.69) is 0 Å². The molecule has 2 bridgehead atoms. The van der Waals surface area contributed by atoms with Gasteiger partial charge in [-0.25, -0.2) is 4.79 Å². The number of piperidine rings is 1. The molecule has 1 saturated carbocycles. The van der Waals surface area contributed by atoms with Crippen molar-refractivity contribution in [3.63, 3.8) is 0 Å². The number of Topliss-reactive ketones (excluding diaryl/α,β-unsaturated/α-hetero) is 3. The second-order valence-electron chi connectivity index (χ2n) is 21.5. The first-order valence-corrected chi connectivity index (χ1v) is 26.5. The van der Waals surface area contributed by atoms with Crippen molar-refractivity contribution in [1.29, 1.82) is 0 Å². The van der Waals surface area contributed by atoms with Crippen LogP contribution in [0.15, 0.2) is 65.8 Å². The van der Waals surface area contributed by atoms with Gasteiger partial charge in [-0.1, -0.05) is 82.7 Å². The van der Waals surface area contributed by atoms with E-state index in [0.29, 0.717) is 81.3 Å². The summed E-state index contributed by atoms with van der Waals surface area (Å²) >= 11 is 0. The molecule has 1 aromatic carbocycles. The highest BCUT2D eigenvalue weighted by Crippen LogP contribution is 2.43. The molecule has 1 aliphatic carbocycles. The lowest BCUT2D eigenvalue weighted by atomic mass is 9.78. The molecular formula is C58H85NO14. The molecule has 15 heteroatoms. The molecule has 0 spiro atoms. The van der Waals surface area contributed by atoms with Gasteiger partial charge >= 0.3 is 5.97 Å². The van der Waals surface area contributed by atoms with Gasteiger partial charge in [-0.3, -0.25) is 19.2 Å². The number of carbonyl (C=O) groups excluding carboxylic acids is 5. The van der Waals surface area contributed by atoms with E-state index < -0.39 is 77.8 Å². The fraction of sp³-hybridized carbons (Fsp3) is 0.672. The minimum absolute atomic E-state index is 0.0135. The molecule has 1 amide bonds. The van der Waals surface area contributed by atoms with Crippen molar-refractivity contribution in [3.8, 4) is 11.5 Å². The van der Waals surface area contributed by atoms with Gasteiger partial charge in [0.25, 0.3) is 11.7 Å². The number of methoxy groups -OCH3 is 4. The number of rotatable bonds is 8. The molecule has 15 atom stereocenters. The largest absolute Gasteiger partial charge is 0.497 e. The Morgan fingerprint density at radius 2 is 1.58 bits per heavy atom. The summed E-state index contributed by atoms with van der Waals surface area (Å²) in [6.07, 6.45) is 11.4. The Balaban J connectivity index is 1.53. The molecule has 5 rings (SSSR count). The van der Waals surface area contributed by atoms with E-state index in [9.17, 15) is 39.3 Å². The fourth-order valence-corrected chi connectivity index (χ4v) is 11.3. The number of hydrogen-bond donors (Lipinski definition) is 3. The third-order valence-corrected chi connectivity index (χ3v) is 16.1. The number of fused-ring (bicyclic) bond motifs is 3. The number of ether oxygens (including phenoxy) is 6. The van der Waals surface area contributed by atoms with E-state index in [1.165, 1.54) is 12.0 Å². The summed E-state index contributed by atoms with van der Waals surface area (Å²) in [5, 5.41) is 34.4. The van der Waals surface area contributed by atoms with Gasteiger partial charge in [-0.2, -0.15) is 0 Å². The zero-order chi connectivity index (χ0) is 53.7. The number of cyclic esters (lactones) is 1. The van der Waals surface area contributed by atoms with Gasteiger partial charge in [0.2, 0.25) is 5.79 Å². The van der Waals surface area contributed by atoms with Crippen LogP contribution in [0.3, 0.4) is 0 Å². The molecule has 2 saturated heterocycles. The van der Waals surface area contributed by atoms with E-state index in [0.717, 1.165) is 11.1 Å². The van der Waals surface area contributed by atoms with E-state index in [1.807, 2.05) is 70.2 Å². The van der Waals surface area contributed by atoms with Gasteiger partial charge in [0.1, 0.15) is 41.6 Å². The lowest BCUT2D eigenvalue weighted by Gasteiger charge is -2.43. The van der Waals surface area contributed by atoms with Crippen LogP contribution in [0.1, 0.15) is 137 Å². The molecule has 3 fully saturated rings. The van der Waals surface area contributed by atoms with Crippen LogP contribution in [0.5, 0.6) is 11.5 Å². The Labute approximate surface area is 433 Å². The van der Waals surface area contributed by atoms with E-state index in [4.69, 9.17) is 28.4 Å². The summed E-state index contributed by atoms with van der Waals surface area (Å²) in [6.45, 7) is 12.8. The molecule has 0 unspecified atom stereocenters. The van der Waals surface area contributed by atoms with Crippen LogP contribution in [0.25, 0.3) is 0 Å². The minimum atomic E-state index is -2.49. The second-order valence-corrected chi connectivity index (χ2v) is 21.5. The summed E-state index contributed by atoms with van der Waals surface area (Å²) in [6, 6.07) is 4.39. The molecule has 4 aliphatic rings. The number of ketones is 3. The first-order valence-electron chi connectivity index (χ1n) is 26.5. The molecule has 0 radical (unpaired) electrons. The number of aliphatic hydroxyl groups excluding tert-OH is 2. The van der Waals surface area contributed by atoms with Crippen LogP contribution in [0.4, 0.5) is 0 Å². The van der Waals surface area contributed by atoms with Gasteiger partial charge in [0.05, 0.1) is 32.5 Å². The number of nitrogens with zero attached hydrogens (tertiary/aromatic N) is 1. The average molecular weight is 1020 g/mol. The molecule has 1 aromatic rings. The van der Waals surface area contributed by atoms with E-state index in [-0.39, 0.29) is 60.7 Å². The Morgan fingerprint density at radius 1 is 0.836 bits per heavy atom. The lowest BCUT2D eigenvalue weighted by Crippen LogP contribution is -2.60. The molecule has 3 heterocycles. The SMILES string of the molecule is COc1ccc([C@H]2C[C@@H]3CC[C@@H](C)[C@@](O)(O3)C(=O)C(=O)N3CCCC[C@H]3C(=O)O[C@H]([C@H](C)C[C@@H]3CC[C@@H](O)[C@H](OC)C3)CC(=O)[C@H](C)/C=C(\C)[C@H](O)[C@@H](OC)C(=O)[C@H](C)C[C@H](C)/C=C/C=C/C=C/2C)c(OC)c1. The van der Waals surface area contributed by atoms with Crippen LogP contribution in [-0.4, -0.2) is 133 Å². The quantitative estimate of drug-likeness (QED) is 0.128. The van der Waals surface area contributed by atoms with Crippen molar-refractivity contribution in [2.75, 3.05) is 35.0 Å². The number of amides is 1. The number of benzene rings is 1. The standard InChI is InChI=1S/C58H85NO14/c1-34-17-13-12-14-18-35(2)45(44-24-23-42(68-8)32-50(44)69-9)31-43-22-20-40(7)58(67,73-43)55(64)56(65)59-26-16-15-19-46(59)57(66)72-49(37(4)29-41-21-25-47(60)51(30-41)70-10)33-48(61)36(3)28-39(6)53(63)54(71-11)52(62)38(5)27-34/h12-14,17-18,23-24,28,32,34,36-38,40-41,43,45-47,49,51,53-54,60,63,67H,15-16,19-22,25-27,29-31,33H2,1-11H3/b14-12+,17-13+,35-18+,39-28+/t34-,36-,37-,38-,40-,41+,43+,45+,46+,47-,49+,51-,53+,54+,58-/m1/s1. The molecular weight excluding hydrogens is 935 g/mol. The number of aliphatic hydroxyl groups is 3. The third-order valence-electron chi connectivity index (χ3n) is 16.1. The molecule has 0 aromatic heterocycles. The molecule has 3 N–H and O–H groups in total. The Kier molecular flexibility index (Phi) is 22.2. The van der Waals surface area contributed by atoms with Crippen LogP contribution >= 0.6 is 0 Å². The Morgan fingerprint density at radius 3 is 2.26 bits per heavy atom. The maximum absolute atomic E-state index is 14.6. The van der Waals surface area contributed by atoms with Crippen LogP contribution in [-0.2, 0) is 42.9 Å². The predicted molar refractivity (Wildman–Crippen MR) is 277 cm³/mol. The maximum Gasteiger partial charge on any atom is 0.329 e. The number of hydrogen-bond acceptors (Lipinski definition) is 14. The first-order chi connectivity index (χ1) is 34.7. The lowest BCUT2D eigenvalue weighted by molar-refractivity contribution is -0.264. The van der Waals surface area contributed by atoms with E-state index in [1.54, 1.807) is 54.2 Å². The van der Waals surface area contributed by atoms with Gasteiger partial charge in [-0.05, 0) is 114 Å². The maximum atomic E-state index is 14.6. The highest BCUT2D eigenvalue weighted by atomic mass is 16.6. The average Bonchev–Trinajstić information content (AvgIpc) is 3.38. The number of carbonyl (C=O) groups is 5.